The van der Waals surface area contributed by atoms with Gasteiger partial charge >= 0.3 is 0 Å². The third-order valence-corrected chi connectivity index (χ3v) is 3.98. The molecule has 0 saturated heterocycles. The minimum atomic E-state index is -0.843. The first kappa shape index (κ1) is 12.8. The second-order valence-electron chi connectivity index (χ2n) is 4.74. The highest BCUT2D eigenvalue weighted by Crippen LogP contribution is 2.45. The first-order valence-corrected chi connectivity index (χ1v) is 6.66. The molecule has 1 amide bonds. The summed E-state index contributed by atoms with van der Waals surface area (Å²) in [6.07, 6.45) is 1.23. The van der Waals surface area contributed by atoms with Crippen LogP contribution in [0.25, 0.3) is 0 Å². The highest BCUT2D eigenvalue weighted by atomic mass is 32.1. The lowest BCUT2D eigenvalue weighted by Gasteiger charge is -2.43. The number of hydrogen-bond donors (Lipinski definition) is 3. The molecule has 1 aromatic rings. The lowest BCUT2D eigenvalue weighted by atomic mass is 9.61. The smallest absolute Gasteiger partial charge is 0.234 e. The fourth-order valence-electron chi connectivity index (χ4n) is 2.40. The molecule has 0 spiro atoms. The van der Waals surface area contributed by atoms with E-state index < -0.39 is 5.41 Å². The van der Waals surface area contributed by atoms with Crippen molar-refractivity contribution in [2.45, 2.75) is 26.3 Å². The second kappa shape index (κ2) is 4.93. The van der Waals surface area contributed by atoms with Gasteiger partial charge in [-0.15, -0.1) is 11.3 Å². The third-order valence-electron chi connectivity index (χ3n) is 3.34. The van der Waals surface area contributed by atoms with Crippen molar-refractivity contribution in [3.8, 4) is 0 Å². The third kappa shape index (κ3) is 2.17. The highest BCUT2D eigenvalue weighted by Gasteiger charge is 2.52. The minimum absolute atomic E-state index is 0.00335. The van der Waals surface area contributed by atoms with Crippen LogP contribution in [0.15, 0.2) is 16.0 Å². The molecule has 0 radical (unpaired) electrons. The number of amidine groups is 1. The number of carbonyl (C=O) groups excluding carboxylic acids is 1. The summed E-state index contributed by atoms with van der Waals surface area (Å²) in [5.41, 5.74) is 7.34. The average Bonchev–Trinajstić information content (AvgIpc) is 2.83. The molecule has 0 atom stereocenters. The van der Waals surface area contributed by atoms with Crippen molar-refractivity contribution >= 4 is 23.1 Å². The fraction of sp³-hybridized carbons (Fsp3) is 0.545. The Labute approximate surface area is 109 Å². The minimum Gasteiger partial charge on any atom is -0.409 e. The van der Waals surface area contributed by atoms with Crippen molar-refractivity contribution in [3.05, 3.63) is 16.6 Å². The van der Waals surface area contributed by atoms with Crippen LogP contribution in [0.1, 0.15) is 25.5 Å². The van der Waals surface area contributed by atoms with Crippen LogP contribution in [-0.4, -0.2) is 21.9 Å². The van der Waals surface area contributed by atoms with E-state index in [-0.39, 0.29) is 11.7 Å². The van der Waals surface area contributed by atoms with E-state index >= 15 is 0 Å². The summed E-state index contributed by atoms with van der Waals surface area (Å²) >= 11 is 1.48. The first-order valence-electron chi connectivity index (χ1n) is 5.72. The molecule has 0 aromatic carbocycles. The maximum atomic E-state index is 12.2. The molecule has 2 rings (SSSR count). The number of hydrogen-bond acceptors (Lipinski definition) is 5. The Kier molecular flexibility index (Phi) is 3.51. The van der Waals surface area contributed by atoms with Gasteiger partial charge in [-0.05, 0) is 18.8 Å². The average molecular weight is 268 g/mol. The van der Waals surface area contributed by atoms with Gasteiger partial charge in [0.1, 0.15) is 5.41 Å². The molecule has 98 valence electrons. The number of rotatable bonds is 4. The number of thiazole rings is 1. The normalized spacial score (nSPS) is 27.6. The summed E-state index contributed by atoms with van der Waals surface area (Å²) in [6.45, 7) is 2.41. The standard InChI is InChI=1S/C11H16N4O2S/c1-7-2-11(3-7,9(12)15-17)10(16)13-4-8-5-18-6-14-8/h5-7,17H,2-4H2,1H3,(H2,12,15)(H,13,16). The van der Waals surface area contributed by atoms with Gasteiger partial charge in [-0.25, -0.2) is 4.98 Å². The maximum absolute atomic E-state index is 12.2. The van der Waals surface area contributed by atoms with Crippen LogP contribution in [0.3, 0.4) is 0 Å². The van der Waals surface area contributed by atoms with E-state index in [1.165, 1.54) is 11.3 Å². The van der Waals surface area contributed by atoms with Crippen LogP contribution in [0.2, 0.25) is 0 Å². The fourth-order valence-corrected chi connectivity index (χ4v) is 2.96. The van der Waals surface area contributed by atoms with E-state index in [1.54, 1.807) is 5.51 Å². The van der Waals surface area contributed by atoms with Gasteiger partial charge in [0.2, 0.25) is 5.91 Å². The van der Waals surface area contributed by atoms with Crippen LogP contribution in [-0.2, 0) is 11.3 Å². The van der Waals surface area contributed by atoms with Crippen molar-refractivity contribution in [1.29, 1.82) is 0 Å². The zero-order valence-electron chi connectivity index (χ0n) is 10.1. The molecule has 0 bridgehead atoms. The van der Waals surface area contributed by atoms with Crippen LogP contribution >= 0.6 is 11.3 Å². The Morgan fingerprint density at radius 3 is 3.00 bits per heavy atom. The van der Waals surface area contributed by atoms with E-state index in [0.29, 0.717) is 25.3 Å². The maximum Gasteiger partial charge on any atom is 0.234 e. The van der Waals surface area contributed by atoms with Gasteiger partial charge < -0.3 is 16.3 Å². The van der Waals surface area contributed by atoms with Crippen molar-refractivity contribution in [1.82, 2.24) is 10.3 Å². The van der Waals surface area contributed by atoms with Crippen LogP contribution in [0.4, 0.5) is 0 Å². The quantitative estimate of drug-likeness (QED) is 0.327. The molecule has 0 aliphatic heterocycles. The Bertz CT molecular complexity index is 452. The molecule has 7 heteroatoms. The van der Waals surface area contributed by atoms with E-state index in [2.05, 4.69) is 15.5 Å². The van der Waals surface area contributed by atoms with Gasteiger partial charge in [0.25, 0.3) is 0 Å². The lowest BCUT2D eigenvalue weighted by molar-refractivity contribution is -0.133. The Morgan fingerprint density at radius 1 is 1.78 bits per heavy atom. The molecule has 6 nitrogen and oxygen atoms in total. The number of nitrogens with zero attached hydrogens (tertiary/aromatic N) is 2. The summed E-state index contributed by atoms with van der Waals surface area (Å²) in [4.78, 5) is 16.3. The second-order valence-corrected chi connectivity index (χ2v) is 5.46. The zero-order chi connectivity index (χ0) is 13.2. The Balaban J connectivity index is 2.01. The Hall–Kier alpha value is -1.63. The molecule has 1 saturated carbocycles. The van der Waals surface area contributed by atoms with Gasteiger partial charge in [0, 0.05) is 5.38 Å². The SMILES string of the molecule is CC1CC(C(=O)NCc2cscn2)(C(N)=NO)C1. The van der Waals surface area contributed by atoms with E-state index in [4.69, 9.17) is 10.9 Å². The molecule has 1 aliphatic rings. The summed E-state index contributed by atoms with van der Waals surface area (Å²) in [6, 6.07) is 0. The summed E-state index contributed by atoms with van der Waals surface area (Å²) in [7, 11) is 0. The van der Waals surface area contributed by atoms with Gasteiger partial charge in [-0.2, -0.15) is 0 Å². The van der Waals surface area contributed by atoms with Crippen LogP contribution < -0.4 is 11.1 Å². The molecule has 18 heavy (non-hydrogen) atoms. The molecule has 1 fully saturated rings. The molecule has 0 unspecified atom stereocenters. The molecule has 1 heterocycles. The van der Waals surface area contributed by atoms with E-state index in [0.717, 1.165) is 5.69 Å². The predicted octanol–water partition coefficient (Wildman–Crippen LogP) is 0.922. The topological polar surface area (TPSA) is 101 Å². The van der Waals surface area contributed by atoms with E-state index in [9.17, 15) is 4.79 Å². The molecular formula is C11H16N4O2S. The number of carbonyl (C=O) groups is 1. The summed E-state index contributed by atoms with van der Waals surface area (Å²) in [5.74, 6) is 0.218. The number of amides is 1. The number of nitrogens with one attached hydrogen (secondary N) is 1. The van der Waals surface area contributed by atoms with Crippen molar-refractivity contribution < 1.29 is 10.0 Å². The van der Waals surface area contributed by atoms with Gasteiger partial charge in [-0.3, -0.25) is 4.79 Å². The van der Waals surface area contributed by atoms with Crippen LogP contribution in [0.5, 0.6) is 0 Å². The zero-order valence-corrected chi connectivity index (χ0v) is 10.9. The molecule has 4 N–H and O–H groups in total. The van der Waals surface area contributed by atoms with Gasteiger partial charge in [-0.1, -0.05) is 12.1 Å². The largest absolute Gasteiger partial charge is 0.409 e. The van der Waals surface area contributed by atoms with Crippen molar-refractivity contribution in [3.63, 3.8) is 0 Å². The Morgan fingerprint density at radius 2 is 2.50 bits per heavy atom. The van der Waals surface area contributed by atoms with E-state index in [1.807, 2.05) is 12.3 Å². The number of aromatic nitrogens is 1. The lowest BCUT2D eigenvalue weighted by Crippen LogP contribution is -2.56. The number of nitrogens with two attached hydrogens (primary N) is 1. The summed E-state index contributed by atoms with van der Waals surface area (Å²) in [5, 5.41) is 16.5. The molecule has 1 aromatic heterocycles. The van der Waals surface area contributed by atoms with Crippen molar-refractivity contribution in [2.24, 2.45) is 22.2 Å². The molecular weight excluding hydrogens is 252 g/mol. The van der Waals surface area contributed by atoms with Crippen LogP contribution in [0, 0.1) is 11.3 Å². The van der Waals surface area contributed by atoms with Gasteiger partial charge in [0.05, 0.1) is 17.7 Å². The monoisotopic (exact) mass is 268 g/mol. The van der Waals surface area contributed by atoms with Crippen molar-refractivity contribution in [2.75, 3.05) is 0 Å². The summed E-state index contributed by atoms with van der Waals surface area (Å²) < 4.78 is 0. The first-order chi connectivity index (χ1) is 8.58. The predicted molar refractivity (Wildman–Crippen MR) is 68.2 cm³/mol. The molecule has 1 aliphatic carbocycles. The highest BCUT2D eigenvalue weighted by molar-refractivity contribution is 7.07. The number of oxime groups is 1. The van der Waals surface area contributed by atoms with Gasteiger partial charge in [0.15, 0.2) is 5.84 Å².